The van der Waals surface area contributed by atoms with E-state index in [0.717, 1.165) is 36.6 Å². The molecule has 2 atom stereocenters. The SMILES string of the molecule is CN1CC(C=O)CC1=O.CNC1CC(c2ccc(C(OCc3c(F)cccc3F)(C(F)(F)F)C(F)(F)F)cc2)(S(=O)c2ccc(F)cc2)C1. The molecule has 0 radical (unpaired) electrons. The fraction of sp³-hybridized carbons (Fsp3) is 0.394. The topological polar surface area (TPSA) is 75.7 Å². The van der Waals surface area contributed by atoms with Crippen LogP contribution in [0.15, 0.2) is 71.6 Å². The van der Waals surface area contributed by atoms with Gasteiger partial charge in [0, 0.05) is 48.0 Å². The third kappa shape index (κ3) is 7.55. The number of alkyl halides is 6. The van der Waals surface area contributed by atoms with Crippen LogP contribution in [0.4, 0.5) is 39.5 Å². The van der Waals surface area contributed by atoms with Crippen LogP contribution in [0.5, 0.6) is 0 Å². The summed E-state index contributed by atoms with van der Waals surface area (Å²) in [6.07, 6.45) is -10.5. The molecule has 3 aromatic carbocycles. The van der Waals surface area contributed by atoms with Crippen LogP contribution < -0.4 is 5.32 Å². The van der Waals surface area contributed by atoms with Gasteiger partial charge in [-0.1, -0.05) is 30.3 Å². The number of ether oxygens (including phenoxy) is 1. The number of carbonyl (C=O) groups is 2. The third-order valence-electron chi connectivity index (χ3n) is 8.62. The molecule has 3 aromatic rings. The zero-order valence-electron chi connectivity index (χ0n) is 26.0. The first-order valence-electron chi connectivity index (χ1n) is 14.8. The summed E-state index contributed by atoms with van der Waals surface area (Å²) in [5, 5.41) is 2.98. The largest absolute Gasteiger partial charge is 0.430 e. The average molecular weight is 723 g/mol. The van der Waals surface area contributed by atoms with Crippen LogP contribution in [-0.2, 0) is 42.1 Å². The van der Waals surface area contributed by atoms with E-state index < -0.39 is 68.7 Å². The van der Waals surface area contributed by atoms with E-state index in [4.69, 9.17) is 0 Å². The summed E-state index contributed by atoms with van der Waals surface area (Å²) in [7, 11) is 1.52. The lowest BCUT2D eigenvalue weighted by Gasteiger charge is -2.47. The van der Waals surface area contributed by atoms with E-state index in [1.54, 1.807) is 19.0 Å². The number of amides is 1. The predicted molar refractivity (Wildman–Crippen MR) is 160 cm³/mol. The smallest absolute Gasteiger partial charge is 0.349 e. The predicted octanol–water partition coefficient (Wildman–Crippen LogP) is 6.69. The molecule has 1 heterocycles. The Morgan fingerprint density at radius 2 is 1.47 bits per heavy atom. The Kier molecular flexibility index (Phi) is 11.3. The second kappa shape index (κ2) is 14.6. The van der Waals surface area contributed by atoms with Crippen molar-refractivity contribution in [3.8, 4) is 0 Å². The number of carbonyl (C=O) groups excluding carboxylic acids is 2. The van der Waals surface area contributed by atoms with Gasteiger partial charge in [0.2, 0.25) is 5.91 Å². The number of benzene rings is 3. The molecule has 1 saturated carbocycles. The standard InChI is InChI=1S/C27H22F9NO2S.C6H9NO2/c1-37-19-13-24(14-19,40(38)20-11-9-18(28)10-12-20)16-5-7-17(8-6-16)25(26(31,32)33,27(34,35)36)39-15-21-22(29)3-2-4-23(21)30;1-7-3-5(4-8)2-6(7)9/h2-12,19,37H,13-15H2,1H3;4-5H,2-3H2,1H3. The van der Waals surface area contributed by atoms with E-state index in [0.29, 0.717) is 37.2 Å². The van der Waals surface area contributed by atoms with Gasteiger partial charge in [0.25, 0.3) is 5.60 Å². The Morgan fingerprint density at radius 3 is 1.90 bits per heavy atom. The lowest BCUT2D eigenvalue weighted by molar-refractivity contribution is -0.392. The highest BCUT2D eigenvalue weighted by Crippen LogP contribution is 2.55. The molecule has 1 N–H and O–H groups in total. The number of aldehydes is 1. The Hall–Kier alpha value is -3.76. The van der Waals surface area contributed by atoms with Crippen molar-refractivity contribution in [1.29, 1.82) is 0 Å². The van der Waals surface area contributed by atoms with E-state index in [1.165, 1.54) is 12.1 Å². The van der Waals surface area contributed by atoms with E-state index in [9.17, 15) is 53.3 Å². The maximum Gasteiger partial charge on any atom is 0.430 e. The van der Waals surface area contributed by atoms with Crippen LogP contribution in [-0.4, -0.2) is 60.3 Å². The molecule has 49 heavy (non-hydrogen) atoms. The molecule has 1 saturated heterocycles. The van der Waals surface area contributed by atoms with E-state index in [-0.39, 0.29) is 41.2 Å². The molecule has 1 amide bonds. The number of nitrogens with zero attached hydrogens (tertiary/aromatic N) is 1. The Morgan fingerprint density at radius 1 is 0.918 bits per heavy atom. The van der Waals surface area contributed by atoms with Gasteiger partial charge in [-0.15, -0.1) is 0 Å². The molecule has 0 spiro atoms. The molecule has 6 nitrogen and oxygen atoms in total. The van der Waals surface area contributed by atoms with Crippen molar-refractivity contribution in [3.63, 3.8) is 0 Å². The minimum atomic E-state index is -6.09. The first kappa shape index (κ1) is 38.0. The third-order valence-corrected chi connectivity index (χ3v) is 10.6. The van der Waals surface area contributed by atoms with E-state index in [1.807, 2.05) is 0 Å². The highest BCUT2D eigenvalue weighted by molar-refractivity contribution is 7.86. The van der Waals surface area contributed by atoms with E-state index in [2.05, 4.69) is 10.1 Å². The summed E-state index contributed by atoms with van der Waals surface area (Å²) >= 11 is 0. The second-order valence-corrected chi connectivity index (χ2v) is 13.5. The molecule has 266 valence electrons. The summed E-state index contributed by atoms with van der Waals surface area (Å²) in [6, 6.07) is 10.0. The van der Waals surface area contributed by atoms with Gasteiger partial charge in [-0.05, 0) is 61.9 Å². The monoisotopic (exact) mass is 722 g/mol. The first-order valence-corrected chi connectivity index (χ1v) is 15.9. The summed E-state index contributed by atoms with van der Waals surface area (Å²) in [5.74, 6) is -3.30. The first-order chi connectivity index (χ1) is 22.9. The van der Waals surface area contributed by atoms with Crippen molar-refractivity contribution in [2.24, 2.45) is 5.92 Å². The molecule has 5 rings (SSSR count). The maximum absolute atomic E-state index is 14.2. The van der Waals surface area contributed by atoms with Crippen molar-refractivity contribution in [3.05, 3.63) is 101 Å². The van der Waals surface area contributed by atoms with Gasteiger partial charge in [0.05, 0.1) is 22.2 Å². The second-order valence-electron chi connectivity index (χ2n) is 11.7. The van der Waals surface area contributed by atoms with Crippen LogP contribution in [0.3, 0.4) is 0 Å². The summed E-state index contributed by atoms with van der Waals surface area (Å²) in [4.78, 5) is 22.6. The molecule has 16 heteroatoms. The van der Waals surface area contributed by atoms with E-state index >= 15 is 0 Å². The van der Waals surface area contributed by atoms with Crippen LogP contribution in [0.1, 0.15) is 36.0 Å². The Bertz CT molecular complexity index is 1620. The fourth-order valence-electron chi connectivity index (χ4n) is 5.80. The van der Waals surface area contributed by atoms with Crippen molar-refractivity contribution in [2.75, 3.05) is 20.6 Å². The lowest BCUT2D eigenvalue weighted by Crippen LogP contribution is -2.56. The summed E-state index contributed by atoms with van der Waals surface area (Å²) < 4.78 is 144. The Balaban J connectivity index is 0.000000520. The quantitative estimate of drug-likeness (QED) is 0.197. The minimum Gasteiger partial charge on any atom is -0.349 e. The molecule has 2 unspecified atom stereocenters. The molecule has 0 aromatic heterocycles. The maximum atomic E-state index is 14.2. The number of likely N-dealkylation sites (tertiary alicyclic amines) is 1. The lowest BCUT2D eigenvalue weighted by atomic mass is 9.74. The number of hydrogen-bond acceptors (Lipinski definition) is 5. The molecule has 1 aliphatic heterocycles. The molecular formula is C33H31F9N2O4S. The molecule has 2 fully saturated rings. The number of halogens is 9. The average Bonchev–Trinajstić information content (AvgIpc) is 3.35. The van der Waals surface area contributed by atoms with Gasteiger partial charge < -0.3 is 19.7 Å². The van der Waals surface area contributed by atoms with Crippen molar-refractivity contribution in [1.82, 2.24) is 10.2 Å². The van der Waals surface area contributed by atoms with Crippen molar-refractivity contribution < 1.29 is 58.0 Å². The molecule has 1 aliphatic carbocycles. The van der Waals surface area contributed by atoms with Crippen molar-refractivity contribution >= 4 is 23.0 Å². The van der Waals surface area contributed by atoms with Gasteiger partial charge in [-0.3, -0.25) is 9.00 Å². The Labute approximate surface area is 278 Å². The number of rotatable bonds is 9. The van der Waals surface area contributed by atoms with Crippen LogP contribution in [0.25, 0.3) is 0 Å². The highest BCUT2D eigenvalue weighted by Gasteiger charge is 2.73. The van der Waals surface area contributed by atoms with Crippen LogP contribution >= 0.6 is 0 Å². The molecule has 0 bridgehead atoms. The number of nitrogens with one attached hydrogen (secondary N) is 1. The van der Waals surface area contributed by atoms with Gasteiger partial charge >= 0.3 is 12.4 Å². The van der Waals surface area contributed by atoms with Crippen LogP contribution in [0.2, 0.25) is 0 Å². The number of hydrogen-bond donors (Lipinski definition) is 1. The molecular weight excluding hydrogens is 691 g/mol. The van der Waals surface area contributed by atoms with Gasteiger partial charge in [0.15, 0.2) is 0 Å². The normalized spacial score (nSPS) is 21.9. The fourth-order valence-corrected chi connectivity index (χ4v) is 7.69. The zero-order chi connectivity index (χ0) is 36.4. The summed E-state index contributed by atoms with van der Waals surface area (Å²) in [6.45, 7) is -1.07. The summed E-state index contributed by atoms with van der Waals surface area (Å²) in [5.41, 5.74) is -7.20. The zero-order valence-corrected chi connectivity index (χ0v) is 26.8. The van der Waals surface area contributed by atoms with Gasteiger partial charge in [-0.25, -0.2) is 13.2 Å². The van der Waals surface area contributed by atoms with Crippen molar-refractivity contribution in [2.45, 2.75) is 59.5 Å². The minimum absolute atomic E-state index is 0.0532. The van der Waals surface area contributed by atoms with Gasteiger partial charge in [0.1, 0.15) is 23.7 Å². The van der Waals surface area contributed by atoms with Gasteiger partial charge in [-0.2, -0.15) is 26.3 Å². The molecule has 2 aliphatic rings. The van der Waals surface area contributed by atoms with Crippen LogP contribution in [0, 0.1) is 23.4 Å². The highest BCUT2D eigenvalue weighted by atomic mass is 32.2.